The topological polar surface area (TPSA) is 55.1 Å². The van der Waals surface area contributed by atoms with Crippen molar-refractivity contribution in [2.24, 2.45) is 0 Å². The minimum Gasteiger partial charge on any atom is -0.481 e. The Morgan fingerprint density at radius 3 is 2.38 bits per heavy atom. The van der Waals surface area contributed by atoms with Gasteiger partial charge in [-0.05, 0) is 41.0 Å². The quantitative estimate of drug-likeness (QED) is 0.312. The van der Waals surface area contributed by atoms with Gasteiger partial charge in [-0.15, -0.1) is 0 Å². The van der Waals surface area contributed by atoms with Crippen LogP contribution < -0.4 is 0 Å². The second-order valence-electron chi connectivity index (χ2n) is 8.74. The lowest BCUT2D eigenvalue weighted by molar-refractivity contribution is -0.138. The minimum atomic E-state index is -0.828. The fourth-order valence-electron chi connectivity index (χ4n) is 4.45. The van der Waals surface area contributed by atoms with Crippen LogP contribution in [0.15, 0.2) is 103 Å². The van der Waals surface area contributed by atoms with Gasteiger partial charge in [-0.2, -0.15) is 5.10 Å². The molecule has 0 bridgehead atoms. The van der Waals surface area contributed by atoms with Crippen molar-refractivity contribution < 1.29 is 9.90 Å². The number of nitrogens with zero attached hydrogens (tertiary/aromatic N) is 2. The van der Waals surface area contributed by atoms with Crippen LogP contribution in [0.1, 0.15) is 28.3 Å². The Kier molecular flexibility index (Phi) is 5.96. The highest BCUT2D eigenvalue weighted by Gasteiger charge is 2.23. The van der Waals surface area contributed by atoms with Crippen LogP contribution in [0.3, 0.4) is 0 Å². The maximum absolute atomic E-state index is 12.3. The van der Waals surface area contributed by atoms with Gasteiger partial charge >= 0.3 is 5.97 Å². The maximum Gasteiger partial charge on any atom is 0.311 e. The fraction of sp³-hybridized carbons (Fsp3) is 0.133. The third-order valence-electron chi connectivity index (χ3n) is 6.24. The number of hydrogen-bond acceptors (Lipinski definition) is 2. The number of aliphatic carboxylic acids is 1. The molecule has 4 aromatic carbocycles. The molecule has 0 amide bonds. The summed E-state index contributed by atoms with van der Waals surface area (Å²) in [6.07, 6.45) is 0.367. The Balaban J connectivity index is 1.56. The summed E-state index contributed by atoms with van der Waals surface area (Å²) in [4.78, 5) is 12.3. The number of carbonyl (C=O) groups is 1. The lowest BCUT2D eigenvalue weighted by Crippen LogP contribution is -2.17. The molecular weight excluding hydrogens is 420 g/mol. The Labute approximate surface area is 199 Å². The zero-order chi connectivity index (χ0) is 23.5. The van der Waals surface area contributed by atoms with Gasteiger partial charge in [0, 0.05) is 17.7 Å². The van der Waals surface area contributed by atoms with Crippen molar-refractivity contribution in [3.8, 4) is 11.3 Å². The number of aryl methyl sites for hydroxylation is 1. The summed E-state index contributed by atoms with van der Waals surface area (Å²) in [5.74, 6) is -1.47. The van der Waals surface area contributed by atoms with Crippen molar-refractivity contribution in [1.82, 2.24) is 9.78 Å². The van der Waals surface area contributed by atoms with Crippen molar-refractivity contribution in [1.29, 1.82) is 0 Å². The van der Waals surface area contributed by atoms with E-state index in [1.807, 2.05) is 72.3 Å². The Bertz CT molecular complexity index is 1450. The number of rotatable bonds is 7. The molecule has 4 heteroatoms. The average Bonchev–Trinajstić information content (AvgIpc) is 3.25. The standard InChI is InChI=1S/C30H26N2O2/c1-21-8-7-13-25(16-21)28(30(33)34)18-27-19-29(31-32(27)20-22-9-3-2-4-10-22)26-15-14-23-11-5-6-12-24(23)17-26/h2-17,19,28H,18,20H2,1H3,(H,33,34). The van der Waals surface area contributed by atoms with E-state index in [0.29, 0.717) is 13.0 Å². The van der Waals surface area contributed by atoms with E-state index in [1.165, 1.54) is 5.39 Å². The van der Waals surface area contributed by atoms with Crippen LogP contribution in [-0.4, -0.2) is 20.9 Å². The summed E-state index contributed by atoms with van der Waals surface area (Å²) in [6, 6.07) is 34.5. The number of carboxylic acids is 1. The lowest BCUT2D eigenvalue weighted by Gasteiger charge is -2.15. The van der Waals surface area contributed by atoms with Gasteiger partial charge in [0.2, 0.25) is 0 Å². The molecule has 1 aromatic heterocycles. The molecule has 0 aliphatic carbocycles. The summed E-state index contributed by atoms with van der Waals surface area (Å²) < 4.78 is 1.95. The number of carboxylic acid groups (broad SMARTS) is 1. The molecule has 0 saturated carbocycles. The number of benzene rings is 4. The van der Waals surface area contributed by atoms with Crippen LogP contribution in [-0.2, 0) is 17.8 Å². The van der Waals surface area contributed by atoms with Crippen molar-refractivity contribution >= 4 is 16.7 Å². The van der Waals surface area contributed by atoms with Gasteiger partial charge in [0.05, 0.1) is 18.2 Å². The van der Waals surface area contributed by atoms with E-state index in [1.54, 1.807) is 0 Å². The van der Waals surface area contributed by atoms with E-state index in [2.05, 4.69) is 42.5 Å². The molecule has 5 rings (SSSR count). The van der Waals surface area contributed by atoms with E-state index < -0.39 is 11.9 Å². The van der Waals surface area contributed by atoms with Crippen LogP contribution in [0.25, 0.3) is 22.0 Å². The molecule has 1 unspecified atom stereocenters. The van der Waals surface area contributed by atoms with E-state index >= 15 is 0 Å². The molecule has 0 fully saturated rings. The van der Waals surface area contributed by atoms with Crippen molar-refractivity contribution in [3.63, 3.8) is 0 Å². The Morgan fingerprint density at radius 2 is 1.62 bits per heavy atom. The SMILES string of the molecule is Cc1cccc(C(Cc2cc(-c3ccc4ccccc4c3)nn2Cc2ccccc2)C(=O)O)c1. The van der Waals surface area contributed by atoms with Crippen molar-refractivity contribution in [2.45, 2.75) is 25.8 Å². The monoisotopic (exact) mass is 446 g/mol. The van der Waals surface area contributed by atoms with Crippen LogP contribution >= 0.6 is 0 Å². The molecule has 4 nitrogen and oxygen atoms in total. The molecule has 0 aliphatic rings. The first-order valence-electron chi connectivity index (χ1n) is 11.5. The highest BCUT2D eigenvalue weighted by atomic mass is 16.4. The first-order valence-corrected chi connectivity index (χ1v) is 11.5. The molecule has 34 heavy (non-hydrogen) atoms. The minimum absolute atomic E-state index is 0.367. The molecule has 168 valence electrons. The van der Waals surface area contributed by atoms with Crippen molar-refractivity contribution in [2.75, 3.05) is 0 Å². The van der Waals surface area contributed by atoms with Gasteiger partial charge in [0.25, 0.3) is 0 Å². The van der Waals surface area contributed by atoms with Gasteiger partial charge in [0.15, 0.2) is 0 Å². The lowest BCUT2D eigenvalue weighted by atomic mass is 9.93. The van der Waals surface area contributed by atoms with Crippen molar-refractivity contribution in [3.05, 3.63) is 126 Å². The third-order valence-corrected chi connectivity index (χ3v) is 6.24. The smallest absolute Gasteiger partial charge is 0.311 e. The molecule has 1 atom stereocenters. The normalized spacial score (nSPS) is 12.0. The van der Waals surface area contributed by atoms with E-state index in [-0.39, 0.29) is 0 Å². The van der Waals surface area contributed by atoms with Crippen LogP contribution in [0, 0.1) is 6.92 Å². The second-order valence-corrected chi connectivity index (χ2v) is 8.74. The second kappa shape index (κ2) is 9.36. The first kappa shape index (κ1) is 21.7. The van der Waals surface area contributed by atoms with Gasteiger partial charge in [-0.25, -0.2) is 0 Å². The van der Waals surface area contributed by atoms with E-state index in [0.717, 1.165) is 39.0 Å². The molecular formula is C30H26N2O2. The van der Waals surface area contributed by atoms with Gasteiger partial charge in [-0.3, -0.25) is 9.48 Å². The Hall–Kier alpha value is -4.18. The largest absolute Gasteiger partial charge is 0.481 e. The molecule has 0 spiro atoms. The highest BCUT2D eigenvalue weighted by Crippen LogP contribution is 2.28. The molecule has 0 radical (unpaired) electrons. The fourth-order valence-corrected chi connectivity index (χ4v) is 4.45. The van der Waals surface area contributed by atoms with Gasteiger partial charge < -0.3 is 5.11 Å². The molecule has 0 aliphatic heterocycles. The number of hydrogen-bond donors (Lipinski definition) is 1. The summed E-state index contributed by atoms with van der Waals surface area (Å²) in [7, 11) is 0. The molecule has 5 aromatic rings. The summed E-state index contributed by atoms with van der Waals surface area (Å²) in [5, 5.41) is 17.3. The van der Waals surface area contributed by atoms with Gasteiger partial charge in [-0.1, -0.05) is 96.6 Å². The molecule has 0 saturated heterocycles. The third kappa shape index (κ3) is 4.62. The maximum atomic E-state index is 12.3. The molecule has 1 N–H and O–H groups in total. The summed E-state index contributed by atoms with van der Waals surface area (Å²) in [6.45, 7) is 2.57. The van der Waals surface area contributed by atoms with Gasteiger partial charge in [0.1, 0.15) is 0 Å². The Morgan fingerprint density at radius 1 is 0.853 bits per heavy atom. The van der Waals surface area contributed by atoms with Crippen LogP contribution in [0.4, 0.5) is 0 Å². The first-order chi connectivity index (χ1) is 16.6. The highest BCUT2D eigenvalue weighted by molar-refractivity contribution is 5.86. The zero-order valence-corrected chi connectivity index (χ0v) is 19.1. The van der Waals surface area contributed by atoms with Crippen LogP contribution in [0.5, 0.6) is 0 Å². The predicted octanol–water partition coefficient (Wildman–Crippen LogP) is 6.47. The predicted molar refractivity (Wildman–Crippen MR) is 136 cm³/mol. The average molecular weight is 447 g/mol. The van der Waals surface area contributed by atoms with E-state index in [4.69, 9.17) is 5.10 Å². The van der Waals surface area contributed by atoms with Crippen LogP contribution in [0.2, 0.25) is 0 Å². The molecule has 1 heterocycles. The number of aromatic nitrogens is 2. The zero-order valence-electron chi connectivity index (χ0n) is 19.1. The summed E-state index contributed by atoms with van der Waals surface area (Å²) >= 11 is 0. The summed E-state index contributed by atoms with van der Waals surface area (Å²) in [5.41, 5.74) is 5.77. The number of fused-ring (bicyclic) bond motifs is 1. The van der Waals surface area contributed by atoms with E-state index in [9.17, 15) is 9.90 Å².